The Kier molecular flexibility index (Phi) is 5.97. The first-order valence-corrected chi connectivity index (χ1v) is 6.29. The lowest BCUT2D eigenvalue weighted by atomic mass is 10.1. The van der Waals surface area contributed by atoms with Crippen LogP contribution in [0.5, 0.6) is 0 Å². The Hall–Kier alpha value is -1.12. The van der Waals surface area contributed by atoms with E-state index in [1.54, 1.807) is 0 Å². The molecule has 0 saturated carbocycles. The van der Waals surface area contributed by atoms with Gasteiger partial charge in [-0.15, -0.1) is 0 Å². The summed E-state index contributed by atoms with van der Waals surface area (Å²) in [5.41, 5.74) is -0.994. The molecule has 0 unspecified atom stereocenters. The molecule has 1 rings (SSSR count). The number of hydrogen-bond acceptors (Lipinski definition) is 3. The highest BCUT2D eigenvalue weighted by Gasteiger charge is 2.31. The zero-order chi connectivity index (χ0) is 15.3. The maximum atomic E-state index is 12.6. The molecule has 0 fully saturated rings. The van der Waals surface area contributed by atoms with Crippen LogP contribution in [0.4, 0.5) is 13.2 Å². The quantitative estimate of drug-likeness (QED) is 0.826. The molecule has 0 heterocycles. The lowest BCUT2D eigenvalue weighted by Crippen LogP contribution is -2.34. The summed E-state index contributed by atoms with van der Waals surface area (Å²) in [4.78, 5) is 11.9. The van der Waals surface area contributed by atoms with Crippen LogP contribution in [0, 0.1) is 0 Å². The van der Waals surface area contributed by atoms with Gasteiger partial charge in [-0.3, -0.25) is 4.79 Å². The lowest BCUT2D eigenvalue weighted by Gasteiger charge is -2.15. The van der Waals surface area contributed by atoms with E-state index in [0.717, 1.165) is 12.1 Å². The highest BCUT2D eigenvalue weighted by Crippen LogP contribution is 2.31. The number of alkyl halides is 3. The van der Waals surface area contributed by atoms with Crippen molar-refractivity contribution in [2.24, 2.45) is 0 Å². The highest BCUT2D eigenvalue weighted by molar-refractivity contribution is 9.10. The van der Waals surface area contributed by atoms with E-state index in [1.165, 1.54) is 20.3 Å². The minimum atomic E-state index is -4.50. The lowest BCUT2D eigenvalue weighted by molar-refractivity contribution is -0.137. The number of carbonyl (C=O) groups excluding carboxylic acids is 1. The van der Waals surface area contributed by atoms with Crippen molar-refractivity contribution >= 4 is 21.8 Å². The van der Waals surface area contributed by atoms with E-state index in [4.69, 9.17) is 9.47 Å². The number of methoxy groups -OCH3 is 2. The molecule has 1 aromatic rings. The number of benzene rings is 1. The van der Waals surface area contributed by atoms with Crippen LogP contribution in [0.1, 0.15) is 15.9 Å². The van der Waals surface area contributed by atoms with Gasteiger partial charge in [-0.1, -0.05) is 0 Å². The fraction of sp³-hybridized carbons (Fsp3) is 0.417. The Bertz CT molecular complexity index is 476. The first-order valence-electron chi connectivity index (χ1n) is 5.50. The van der Waals surface area contributed by atoms with Crippen LogP contribution in [0.3, 0.4) is 0 Å². The molecule has 20 heavy (non-hydrogen) atoms. The molecule has 0 saturated heterocycles. The van der Waals surface area contributed by atoms with E-state index in [-0.39, 0.29) is 16.6 Å². The first kappa shape index (κ1) is 16.9. The number of hydrogen-bond donors (Lipinski definition) is 1. The van der Waals surface area contributed by atoms with Crippen LogP contribution >= 0.6 is 15.9 Å². The van der Waals surface area contributed by atoms with Crippen molar-refractivity contribution in [3.05, 3.63) is 33.8 Å². The molecule has 4 nitrogen and oxygen atoms in total. The minimum Gasteiger partial charge on any atom is -0.354 e. The van der Waals surface area contributed by atoms with E-state index >= 15 is 0 Å². The van der Waals surface area contributed by atoms with Crippen LogP contribution in [-0.4, -0.2) is 33.0 Å². The van der Waals surface area contributed by atoms with Gasteiger partial charge in [-0.2, -0.15) is 13.2 Å². The van der Waals surface area contributed by atoms with E-state index in [1.807, 2.05) is 0 Å². The average Bonchev–Trinajstić information content (AvgIpc) is 2.38. The van der Waals surface area contributed by atoms with Crippen molar-refractivity contribution in [1.82, 2.24) is 5.32 Å². The molecule has 0 spiro atoms. The Balaban J connectivity index is 2.87. The first-order chi connectivity index (χ1) is 9.29. The normalized spacial score (nSPS) is 11.8. The van der Waals surface area contributed by atoms with Crippen molar-refractivity contribution in [1.29, 1.82) is 0 Å². The molecule has 112 valence electrons. The monoisotopic (exact) mass is 355 g/mol. The van der Waals surface area contributed by atoms with Gasteiger partial charge in [0.25, 0.3) is 5.91 Å². The molecular weight excluding hydrogens is 343 g/mol. The predicted molar refractivity (Wildman–Crippen MR) is 69.3 cm³/mol. The van der Waals surface area contributed by atoms with Crippen molar-refractivity contribution < 1.29 is 27.4 Å². The summed E-state index contributed by atoms with van der Waals surface area (Å²) in [7, 11) is 2.78. The van der Waals surface area contributed by atoms with Crippen LogP contribution in [-0.2, 0) is 15.7 Å². The largest absolute Gasteiger partial charge is 0.416 e. The number of rotatable bonds is 5. The van der Waals surface area contributed by atoms with Crippen molar-refractivity contribution in [2.75, 3.05) is 20.8 Å². The molecular formula is C12H13BrF3NO3. The zero-order valence-corrected chi connectivity index (χ0v) is 12.3. The molecule has 0 aliphatic carbocycles. The van der Waals surface area contributed by atoms with Crippen molar-refractivity contribution in [2.45, 2.75) is 12.5 Å². The maximum Gasteiger partial charge on any atom is 0.416 e. The van der Waals surface area contributed by atoms with Gasteiger partial charge >= 0.3 is 6.18 Å². The second-order valence-electron chi connectivity index (χ2n) is 3.80. The fourth-order valence-electron chi connectivity index (χ4n) is 1.41. The van der Waals surface area contributed by atoms with E-state index in [9.17, 15) is 18.0 Å². The highest BCUT2D eigenvalue weighted by atomic mass is 79.9. The maximum absolute atomic E-state index is 12.6. The van der Waals surface area contributed by atoms with Gasteiger partial charge in [0.2, 0.25) is 0 Å². The zero-order valence-electron chi connectivity index (χ0n) is 10.8. The number of carbonyl (C=O) groups is 1. The Labute approximate surface area is 122 Å². The molecule has 0 atom stereocenters. The van der Waals surface area contributed by atoms with E-state index in [0.29, 0.717) is 0 Å². The van der Waals surface area contributed by atoms with Crippen LogP contribution in [0.2, 0.25) is 0 Å². The van der Waals surface area contributed by atoms with E-state index < -0.39 is 23.9 Å². The standard InChI is InChI=1S/C12H13BrF3NO3/c1-19-10(20-2)6-17-11(18)8-5-7(12(14,15)16)3-4-9(8)13/h3-5,10H,6H2,1-2H3,(H,17,18). The SMILES string of the molecule is COC(CNC(=O)c1cc(C(F)(F)F)ccc1Br)OC. The molecule has 0 radical (unpaired) electrons. The number of ether oxygens (including phenoxy) is 2. The summed E-state index contributed by atoms with van der Waals surface area (Å²) in [5, 5.41) is 2.43. The summed E-state index contributed by atoms with van der Waals surface area (Å²) in [5.74, 6) is -0.651. The van der Waals surface area contributed by atoms with Crippen molar-refractivity contribution in [3.8, 4) is 0 Å². The smallest absolute Gasteiger partial charge is 0.354 e. The topological polar surface area (TPSA) is 47.6 Å². The van der Waals surface area contributed by atoms with E-state index in [2.05, 4.69) is 21.2 Å². The van der Waals surface area contributed by atoms with Gasteiger partial charge in [0, 0.05) is 18.7 Å². The number of nitrogens with one attached hydrogen (secondary N) is 1. The molecule has 1 N–H and O–H groups in total. The Morgan fingerprint density at radius 2 is 1.95 bits per heavy atom. The van der Waals surface area contributed by atoms with Gasteiger partial charge in [0.05, 0.1) is 17.7 Å². The molecule has 0 bridgehead atoms. The van der Waals surface area contributed by atoms with Gasteiger partial charge in [0.15, 0.2) is 6.29 Å². The summed E-state index contributed by atoms with van der Waals surface area (Å²) in [6.45, 7) is 0.0223. The summed E-state index contributed by atoms with van der Waals surface area (Å²) in [6, 6.07) is 2.86. The van der Waals surface area contributed by atoms with Gasteiger partial charge in [-0.05, 0) is 34.1 Å². The Morgan fingerprint density at radius 3 is 2.45 bits per heavy atom. The molecule has 0 aliphatic heterocycles. The van der Waals surface area contributed by atoms with Crippen LogP contribution in [0.15, 0.2) is 22.7 Å². The molecule has 0 aromatic heterocycles. The molecule has 8 heteroatoms. The molecule has 1 amide bonds. The van der Waals surface area contributed by atoms with Crippen LogP contribution < -0.4 is 5.32 Å². The average molecular weight is 356 g/mol. The van der Waals surface area contributed by atoms with Crippen molar-refractivity contribution in [3.63, 3.8) is 0 Å². The van der Waals surface area contributed by atoms with Gasteiger partial charge < -0.3 is 14.8 Å². The number of amides is 1. The van der Waals surface area contributed by atoms with Gasteiger partial charge in [-0.25, -0.2) is 0 Å². The molecule has 0 aliphatic rings. The van der Waals surface area contributed by atoms with Gasteiger partial charge in [0.1, 0.15) is 0 Å². The summed E-state index contributed by atoms with van der Waals surface area (Å²) >= 11 is 3.05. The Morgan fingerprint density at radius 1 is 1.35 bits per heavy atom. The second-order valence-corrected chi connectivity index (χ2v) is 4.66. The predicted octanol–water partition coefficient (Wildman–Crippen LogP) is 2.82. The third-order valence-corrected chi connectivity index (χ3v) is 3.18. The summed E-state index contributed by atoms with van der Waals surface area (Å²) < 4.78 is 47.8. The minimum absolute atomic E-state index is 0.0223. The van der Waals surface area contributed by atoms with Crippen LogP contribution in [0.25, 0.3) is 0 Å². The second kappa shape index (κ2) is 7.05. The number of halogens is 4. The third kappa shape index (κ3) is 4.46. The summed E-state index contributed by atoms with van der Waals surface area (Å²) in [6.07, 6.45) is -5.17. The third-order valence-electron chi connectivity index (χ3n) is 2.49. The molecule has 1 aromatic carbocycles. The fourth-order valence-corrected chi connectivity index (χ4v) is 1.84.